The number of aromatic nitrogens is 1. The third-order valence-electron chi connectivity index (χ3n) is 2.16. The Morgan fingerprint density at radius 3 is 2.21 bits per heavy atom. The van der Waals surface area contributed by atoms with E-state index in [1.807, 2.05) is 0 Å². The zero-order valence-electron chi connectivity index (χ0n) is 9.20. The van der Waals surface area contributed by atoms with Crippen LogP contribution in [0.25, 0.3) is 0 Å². The van der Waals surface area contributed by atoms with Gasteiger partial charge in [-0.1, -0.05) is 13.3 Å². The Balaban J connectivity index is 0.00000169. The lowest BCUT2D eigenvalue weighted by Crippen LogP contribution is -3.00. The highest BCUT2D eigenvalue weighted by atomic mass is 19.0. The summed E-state index contributed by atoms with van der Waals surface area (Å²) in [6.07, 6.45) is 6.80. The first-order valence-corrected chi connectivity index (χ1v) is 4.90. The molecule has 0 spiro atoms. The van der Waals surface area contributed by atoms with Gasteiger partial charge in [0.05, 0.1) is 0 Å². The molecule has 0 atom stereocenters. The number of unbranched alkanes of at least 4 members (excludes halogenated alkanes) is 1. The van der Waals surface area contributed by atoms with E-state index < -0.39 is 0 Å². The fourth-order valence-electron chi connectivity index (χ4n) is 1.24. The van der Waals surface area contributed by atoms with Crippen LogP contribution in [0.1, 0.15) is 19.8 Å². The van der Waals surface area contributed by atoms with Crippen molar-refractivity contribution in [2.45, 2.75) is 26.3 Å². The minimum atomic E-state index is 0. The summed E-state index contributed by atoms with van der Waals surface area (Å²) in [5.74, 6) is 0. The SMILES string of the molecule is CCCC[n+]1ccc(N(C)C)cc1.[F-]. The summed E-state index contributed by atoms with van der Waals surface area (Å²) in [4.78, 5) is 2.12. The van der Waals surface area contributed by atoms with Crippen LogP contribution < -0.4 is 14.2 Å². The molecule has 3 heteroatoms. The number of halogens is 1. The molecule has 0 bridgehead atoms. The second-order valence-electron chi connectivity index (χ2n) is 3.54. The fraction of sp³-hybridized carbons (Fsp3) is 0.545. The number of nitrogens with zero attached hydrogens (tertiary/aromatic N) is 2. The largest absolute Gasteiger partial charge is 1.00 e. The number of anilines is 1. The maximum Gasteiger partial charge on any atom is 0.170 e. The van der Waals surface area contributed by atoms with Crippen LogP contribution in [0, 0.1) is 0 Å². The van der Waals surface area contributed by atoms with E-state index in [9.17, 15) is 0 Å². The number of pyridine rings is 1. The molecule has 0 aliphatic rings. The minimum Gasteiger partial charge on any atom is -1.00 e. The predicted molar refractivity (Wildman–Crippen MR) is 55.9 cm³/mol. The fourth-order valence-corrected chi connectivity index (χ4v) is 1.24. The summed E-state index contributed by atoms with van der Waals surface area (Å²) in [7, 11) is 4.12. The van der Waals surface area contributed by atoms with Crippen molar-refractivity contribution >= 4 is 5.69 Å². The summed E-state index contributed by atoms with van der Waals surface area (Å²) in [6.45, 7) is 3.35. The second kappa shape index (κ2) is 6.35. The summed E-state index contributed by atoms with van der Waals surface area (Å²) in [5.41, 5.74) is 1.26. The predicted octanol–water partition coefficient (Wildman–Crippen LogP) is -1.16. The van der Waals surface area contributed by atoms with Gasteiger partial charge >= 0.3 is 0 Å². The van der Waals surface area contributed by atoms with E-state index in [4.69, 9.17) is 0 Å². The van der Waals surface area contributed by atoms with Gasteiger partial charge in [0, 0.05) is 38.3 Å². The highest BCUT2D eigenvalue weighted by Crippen LogP contribution is 2.05. The molecular formula is C11H19FN2. The Kier molecular flexibility index (Phi) is 5.84. The first-order chi connectivity index (χ1) is 6.24. The Bertz CT molecular complexity index is 244. The summed E-state index contributed by atoms with van der Waals surface area (Å²) < 4.78 is 2.23. The van der Waals surface area contributed by atoms with Gasteiger partial charge in [0.15, 0.2) is 12.4 Å². The molecule has 1 rings (SSSR count). The average molecular weight is 198 g/mol. The molecule has 0 N–H and O–H groups in total. The molecule has 1 heterocycles. The van der Waals surface area contributed by atoms with Crippen molar-refractivity contribution in [2.75, 3.05) is 19.0 Å². The third kappa shape index (κ3) is 3.73. The highest BCUT2D eigenvalue weighted by Gasteiger charge is 2.00. The average Bonchev–Trinajstić information content (AvgIpc) is 2.15. The van der Waals surface area contributed by atoms with Crippen molar-refractivity contribution in [1.82, 2.24) is 0 Å². The van der Waals surface area contributed by atoms with Crippen molar-refractivity contribution in [3.63, 3.8) is 0 Å². The molecular weight excluding hydrogens is 179 g/mol. The van der Waals surface area contributed by atoms with Crippen LogP contribution >= 0.6 is 0 Å². The van der Waals surface area contributed by atoms with Gasteiger partial charge in [-0.2, -0.15) is 0 Å². The molecule has 0 amide bonds. The Labute approximate surface area is 85.5 Å². The summed E-state index contributed by atoms with van der Waals surface area (Å²) in [6, 6.07) is 4.30. The van der Waals surface area contributed by atoms with Gasteiger partial charge in [-0.15, -0.1) is 0 Å². The van der Waals surface area contributed by atoms with E-state index >= 15 is 0 Å². The van der Waals surface area contributed by atoms with Gasteiger partial charge in [-0.3, -0.25) is 0 Å². The molecule has 0 aromatic carbocycles. The lowest BCUT2D eigenvalue weighted by Gasteiger charge is -2.10. The summed E-state index contributed by atoms with van der Waals surface area (Å²) in [5, 5.41) is 0. The number of hydrogen-bond acceptors (Lipinski definition) is 1. The summed E-state index contributed by atoms with van der Waals surface area (Å²) >= 11 is 0. The zero-order chi connectivity index (χ0) is 9.68. The van der Waals surface area contributed by atoms with Crippen LogP contribution in [0.2, 0.25) is 0 Å². The van der Waals surface area contributed by atoms with Crippen LogP contribution in [0.3, 0.4) is 0 Å². The van der Waals surface area contributed by atoms with Gasteiger partial charge in [-0.25, -0.2) is 4.57 Å². The minimum absolute atomic E-state index is 0. The molecule has 0 fully saturated rings. The maximum atomic E-state index is 2.23. The smallest absolute Gasteiger partial charge is 0.170 e. The Morgan fingerprint density at radius 1 is 1.21 bits per heavy atom. The van der Waals surface area contributed by atoms with Crippen molar-refractivity contribution in [2.24, 2.45) is 0 Å². The van der Waals surface area contributed by atoms with Gasteiger partial charge in [-0.05, 0) is 0 Å². The van der Waals surface area contributed by atoms with Crippen LogP contribution in [0.15, 0.2) is 24.5 Å². The molecule has 0 aliphatic heterocycles. The van der Waals surface area contributed by atoms with E-state index in [0.29, 0.717) is 0 Å². The Morgan fingerprint density at radius 2 is 1.79 bits per heavy atom. The van der Waals surface area contributed by atoms with Crippen LogP contribution in [0.4, 0.5) is 5.69 Å². The highest BCUT2D eigenvalue weighted by molar-refractivity contribution is 5.41. The molecule has 0 saturated carbocycles. The molecule has 0 radical (unpaired) electrons. The molecule has 0 unspecified atom stereocenters. The standard InChI is InChI=1S/C11H19N2.FH/c1-4-5-8-13-9-6-11(7-10-13)12(2)3;/h6-7,9-10H,4-5,8H2,1-3H3;1H/q+1;/p-1. The van der Waals surface area contributed by atoms with Gasteiger partial charge in [0.1, 0.15) is 6.54 Å². The number of rotatable bonds is 4. The second-order valence-corrected chi connectivity index (χ2v) is 3.54. The van der Waals surface area contributed by atoms with Gasteiger partial charge in [0.25, 0.3) is 0 Å². The molecule has 1 aromatic rings. The third-order valence-corrected chi connectivity index (χ3v) is 2.16. The first-order valence-electron chi connectivity index (χ1n) is 4.90. The molecule has 1 aromatic heterocycles. The van der Waals surface area contributed by atoms with Gasteiger partial charge in [0.2, 0.25) is 0 Å². The monoisotopic (exact) mass is 198 g/mol. The first kappa shape index (κ1) is 12.9. The number of aryl methyl sites for hydroxylation is 1. The lowest BCUT2D eigenvalue weighted by molar-refractivity contribution is -0.697. The van der Waals surface area contributed by atoms with Crippen LogP contribution in [-0.2, 0) is 6.54 Å². The van der Waals surface area contributed by atoms with Crippen LogP contribution in [-0.4, -0.2) is 14.1 Å². The normalized spacial score (nSPS) is 9.36. The Hall–Kier alpha value is -1.12. The van der Waals surface area contributed by atoms with Crippen LogP contribution in [0.5, 0.6) is 0 Å². The maximum absolute atomic E-state index is 2.23. The zero-order valence-corrected chi connectivity index (χ0v) is 9.20. The molecule has 14 heavy (non-hydrogen) atoms. The van der Waals surface area contributed by atoms with E-state index in [-0.39, 0.29) is 4.70 Å². The molecule has 2 nitrogen and oxygen atoms in total. The molecule has 80 valence electrons. The number of hydrogen-bond donors (Lipinski definition) is 0. The van der Waals surface area contributed by atoms with E-state index in [1.54, 1.807) is 0 Å². The van der Waals surface area contributed by atoms with E-state index in [0.717, 1.165) is 6.54 Å². The van der Waals surface area contributed by atoms with Crippen molar-refractivity contribution in [1.29, 1.82) is 0 Å². The van der Waals surface area contributed by atoms with E-state index in [2.05, 4.69) is 55.0 Å². The van der Waals surface area contributed by atoms with Crippen molar-refractivity contribution in [3.05, 3.63) is 24.5 Å². The quantitative estimate of drug-likeness (QED) is 0.554. The van der Waals surface area contributed by atoms with Crippen molar-refractivity contribution in [3.8, 4) is 0 Å². The van der Waals surface area contributed by atoms with Crippen molar-refractivity contribution < 1.29 is 9.27 Å². The van der Waals surface area contributed by atoms with Gasteiger partial charge < -0.3 is 9.60 Å². The van der Waals surface area contributed by atoms with E-state index in [1.165, 1.54) is 18.5 Å². The topological polar surface area (TPSA) is 7.12 Å². The molecule has 0 saturated heterocycles. The molecule has 0 aliphatic carbocycles. The lowest BCUT2D eigenvalue weighted by atomic mass is 10.3.